The van der Waals surface area contributed by atoms with Gasteiger partial charge in [-0.05, 0) is 82.7 Å². The number of carbonyl (C=O) groups is 9. The number of rotatable bonds is 27. The topological polar surface area (TPSA) is 403 Å². The molecule has 0 unspecified atom stereocenters. The van der Waals surface area contributed by atoms with Gasteiger partial charge in [0.15, 0.2) is 5.96 Å². The molecule has 7 atom stereocenters. The first kappa shape index (κ1) is 52.0. The summed E-state index contributed by atoms with van der Waals surface area (Å²) >= 11 is 0. The van der Waals surface area contributed by atoms with Crippen LogP contribution in [0.2, 0.25) is 0 Å². The molecule has 2 heterocycles. The number of hydrogen-bond acceptors (Lipinski definition) is 12. The molecule has 2 saturated heterocycles. The van der Waals surface area contributed by atoms with Gasteiger partial charge in [0.05, 0.1) is 6.04 Å². The van der Waals surface area contributed by atoms with Crippen LogP contribution in [0.1, 0.15) is 89.0 Å². The summed E-state index contributed by atoms with van der Waals surface area (Å²) in [4.78, 5) is 125. The number of primary amides is 3. The Morgan fingerprint density at radius 2 is 1.14 bits per heavy atom. The third-order valence-corrected chi connectivity index (χ3v) is 11.1. The molecule has 18 N–H and O–H groups in total. The van der Waals surface area contributed by atoms with Gasteiger partial charge in [-0.15, -0.1) is 0 Å². The largest absolute Gasteiger partial charge is 0.370 e. The zero-order valence-corrected chi connectivity index (χ0v) is 36.2. The second kappa shape index (κ2) is 26.3. The molecule has 3 rings (SSSR count). The van der Waals surface area contributed by atoms with Crippen molar-refractivity contribution in [3.05, 3.63) is 35.9 Å². The molecule has 0 bridgehead atoms. The smallest absolute Gasteiger partial charge is 0.245 e. The number of hydrogen-bond donors (Lipinski definition) is 11. The molecule has 2 aliphatic heterocycles. The van der Waals surface area contributed by atoms with Crippen LogP contribution in [0.3, 0.4) is 0 Å². The van der Waals surface area contributed by atoms with Crippen LogP contribution in [-0.4, -0.2) is 137 Å². The third-order valence-electron chi connectivity index (χ3n) is 11.1. The number of unbranched alkanes of at least 4 members (excludes halogenated alkanes) is 1. The molecule has 2 fully saturated rings. The van der Waals surface area contributed by atoms with Gasteiger partial charge in [-0.3, -0.25) is 48.1 Å². The maximum absolute atomic E-state index is 14.3. The molecule has 0 radical (unpaired) electrons. The maximum Gasteiger partial charge on any atom is 0.245 e. The number of nitrogens with two attached hydrogens (primary N) is 7. The number of benzene rings is 1. The van der Waals surface area contributed by atoms with Crippen LogP contribution in [0.5, 0.6) is 0 Å². The van der Waals surface area contributed by atoms with Gasteiger partial charge in [-0.25, -0.2) is 0 Å². The lowest BCUT2D eigenvalue weighted by atomic mass is 10.0. The van der Waals surface area contributed by atoms with E-state index in [0.29, 0.717) is 57.2 Å². The van der Waals surface area contributed by atoms with E-state index in [1.807, 2.05) is 0 Å². The quantitative estimate of drug-likeness (QED) is 0.0226. The second-order valence-electron chi connectivity index (χ2n) is 16.1. The predicted molar refractivity (Wildman–Crippen MR) is 234 cm³/mol. The minimum absolute atomic E-state index is 0.0287. The molecule has 64 heavy (non-hydrogen) atoms. The molecule has 0 aliphatic carbocycles. The molecule has 9 amide bonds. The standard InChI is InChI=1S/C41H66N14O9/c42-19-5-4-12-28(52-38(62)30-13-7-21-54(30)39(63)25(43)11-6-20-49-41(47)48)40(64)55-22-8-14-31(55)37(61)51-27(16-18-33(45)57)35(59)50-26(15-17-32(44)56)36(60)53-29(34(46)58)23-24-9-2-1-3-10-24/h1-3,9-10,25-31H,4-8,11-23,42-43H2,(H2,44,56)(H2,45,57)(H2,46,58)(H,50,59)(H,51,61)(H,52,62)(H,53,60)(H4,47,48,49)/t25-,26-,27-,28-,29-,30-,31-/m0/s1. The molecule has 23 heteroatoms. The van der Waals surface area contributed by atoms with Crippen molar-refractivity contribution in [1.29, 1.82) is 0 Å². The Morgan fingerprint density at radius 3 is 1.66 bits per heavy atom. The molecular formula is C41H66N14O9. The van der Waals surface area contributed by atoms with Crippen LogP contribution in [0.15, 0.2) is 35.3 Å². The molecule has 0 aromatic heterocycles. The lowest BCUT2D eigenvalue weighted by Crippen LogP contribution is -2.59. The molecule has 1 aromatic carbocycles. The van der Waals surface area contributed by atoms with Gasteiger partial charge in [0, 0.05) is 38.9 Å². The van der Waals surface area contributed by atoms with Crippen molar-refractivity contribution in [2.75, 3.05) is 26.2 Å². The first-order chi connectivity index (χ1) is 30.4. The fraction of sp³-hybridized carbons (Fsp3) is 0.610. The van der Waals surface area contributed by atoms with E-state index in [2.05, 4.69) is 26.3 Å². The number of nitrogens with zero attached hydrogens (tertiary/aromatic N) is 3. The normalized spacial score (nSPS) is 18.1. The molecule has 23 nitrogen and oxygen atoms in total. The highest BCUT2D eigenvalue weighted by molar-refractivity contribution is 5.98. The highest BCUT2D eigenvalue weighted by Crippen LogP contribution is 2.23. The van der Waals surface area contributed by atoms with Crippen LogP contribution in [-0.2, 0) is 49.6 Å². The Kier molecular flexibility index (Phi) is 21.4. The minimum Gasteiger partial charge on any atom is -0.370 e. The van der Waals surface area contributed by atoms with Gasteiger partial charge in [0.1, 0.15) is 36.3 Å². The molecule has 0 saturated carbocycles. The van der Waals surface area contributed by atoms with Gasteiger partial charge in [-0.2, -0.15) is 0 Å². The fourth-order valence-electron chi connectivity index (χ4n) is 7.68. The second-order valence-corrected chi connectivity index (χ2v) is 16.1. The van der Waals surface area contributed by atoms with Crippen LogP contribution >= 0.6 is 0 Å². The molecular weight excluding hydrogens is 833 g/mol. The Bertz CT molecular complexity index is 1830. The average Bonchev–Trinajstić information content (AvgIpc) is 3.95. The van der Waals surface area contributed by atoms with E-state index in [-0.39, 0.29) is 70.4 Å². The zero-order valence-electron chi connectivity index (χ0n) is 36.2. The van der Waals surface area contributed by atoms with Gasteiger partial charge in [0.2, 0.25) is 53.2 Å². The third kappa shape index (κ3) is 16.7. The Labute approximate surface area is 372 Å². The number of nitrogens with one attached hydrogen (secondary N) is 4. The highest BCUT2D eigenvalue weighted by Gasteiger charge is 2.42. The first-order valence-electron chi connectivity index (χ1n) is 21.7. The minimum atomic E-state index is -1.46. The van der Waals surface area contributed by atoms with Gasteiger partial charge < -0.3 is 71.2 Å². The SMILES string of the molecule is NCCCC[C@H](NC(=O)[C@@H]1CCCN1C(=O)[C@@H](N)CCCN=C(N)N)C(=O)N1CCC[C@H]1C(=O)N[C@@H](CCC(N)=O)C(=O)N[C@@H](CCC(N)=O)C(=O)N[C@@H](Cc1ccccc1)C(N)=O. The van der Waals surface area contributed by atoms with E-state index in [1.54, 1.807) is 30.3 Å². The summed E-state index contributed by atoms with van der Waals surface area (Å²) in [5.41, 5.74) is 39.7. The summed E-state index contributed by atoms with van der Waals surface area (Å²) in [6.45, 7) is 1.04. The Morgan fingerprint density at radius 1 is 0.625 bits per heavy atom. The van der Waals surface area contributed by atoms with E-state index >= 15 is 0 Å². The van der Waals surface area contributed by atoms with Crippen molar-refractivity contribution in [2.45, 2.75) is 132 Å². The highest BCUT2D eigenvalue weighted by atomic mass is 16.2. The monoisotopic (exact) mass is 899 g/mol. The summed E-state index contributed by atoms with van der Waals surface area (Å²) in [5.74, 6) is -6.58. The Balaban J connectivity index is 1.77. The van der Waals surface area contributed by atoms with E-state index in [4.69, 9.17) is 40.1 Å². The van der Waals surface area contributed by atoms with Gasteiger partial charge >= 0.3 is 0 Å². The molecule has 354 valence electrons. The first-order valence-corrected chi connectivity index (χ1v) is 21.7. The summed E-state index contributed by atoms with van der Waals surface area (Å²) in [6.07, 6.45) is 2.10. The van der Waals surface area contributed by atoms with Crippen molar-refractivity contribution in [1.82, 2.24) is 31.1 Å². The van der Waals surface area contributed by atoms with Gasteiger partial charge in [0.25, 0.3) is 0 Å². The summed E-state index contributed by atoms with van der Waals surface area (Å²) in [5, 5.41) is 10.4. The summed E-state index contributed by atoms with van der Waals surface area (Å²) < 4.78 is 0. The molecule has 0 spiro atoms. The van der Waals surface area contributed by atoms with E-state index in [0.717, 1.165) is 0 Å². The number of carbonyl (C=O) groups excluding carboxylic acids is 9. The number of guanidine groups is 1. The van der Waals surface area contributed by atoms with Crippen LogP contribution in [0.25, 0.3) is 0 Å². The zero-order chi connectivity index (χ0) is 47.3. The lowest BCUT2D eigenvalue weighted by Gasteiger charge is -2.32. The lowest BCUT2D eigenvalue weighted by molar-refractivity contribution is -0.144. The van der Waals surface area contributed by atoms with Crippen molar-refractivity contribution >= 4 is 59.1 Å². The summed E-state index contributed by atoms with van der Waals surface area (Å²) in [7, 11) is 0. The maximum atomic E-state index is 14.3. The molecule has 1 aromatic rings. The van der Waals surface area contributed by atoms with Crippen LogP contribution in [0.4, 0.5) is 0 Å². The number of likely N-dealkylation sites (tertiary alicyclic amines) is 2. The van der Waals surface area contributed by atoms with E-state index < -0.39 is 95.5 Å². The van der Waals surface area contributed by atoms with E-state index in [9.17, 15) is 43.2 Å². The van der Waals surface area contributed by atoms with Crippen LogP contribution < -0.4 is 61.4 Å². The molecule has 2 aliphatic rings. The van der Waals surface area contributed by atoms with Crippen LogP contribution in [0, 0.1) is 0 Å². The van der Waals surface area contributed by atoms with E-state index in [1.165, 1.54) is 9.80 Å². The average molecular weight is 899 g/mol. The van der Waals surface area contributed by atoms with Crippen molar-refractivity contribution in [3.8, 4) is 0 Å². The summed E-state index contributed by atoms with van der Waals surface area (Å²) in [6, 6.07) is 0.622. The number of amides is 9. The van der Waals surface area contributed by atoms with Crippen molar-refractivity contribution in [2.24, 2.45) is 45.1 Å². The predicted octanol–water partition coefficient (Wildman–Crippen LogP) is -4.32. The van der Waals surface area contributed by atoms with Gasteiger partial charge in [-0.1, -0.05) is 30.3 Å². The number of aliphatic imine (C=N–C) groups is 1. The Hall–Kier alpha value is -6.36. The van der Waals surface area contributed by atoms with Crippen molar-refractivity contribution < 1.29 is 43.2 Å². The van der Waals surface area contributed by atoms with Crippen molar-refractivity contribution in [3.63, 3.8) is 0 Å². The fourth-order valence-corrected chi connectivity index (χ4v) is 7.68.